The van der Waals surface area contributed by atoms with Gasteiger partial charge in [0.1, 0.15) is 11.9 Å². The van der Waals surface area contributed by atoms with Crippen molar-refractivity contribution in [2.24, 2.45) is 17.3 Å². The SMILES string of the molecule is C/C1=C/C[C@@H](c2ccc3c(c2)ncn3CCN(C)C)OC(=O)CC(O)C(C)(C)C(=O)C(C)[C@@H](O)C(C)CCC1. The monoisotopic (exact) mass is 541 g/mol. The first-order valence-corrected chi connectivity index (χ1v) is 14.2. The molecule has 1 aliphatic rings. The van der Waals surface area contributed by atoms with Crippen LogP contribution in [-0.4, -0.2) is 69.3 Å². The molecule has 1 aromatic heterocycles. The van der Waals surface area contributed by atoms with Gasteiger partial charge < -0.3 is 24.4 Å². The summed E-state index contributed by atoms with van der Waals surface area (Å²) in [6, 6.07) is 5.96. The second-order valence-electron chi connectivity index (χ2n) is 12.2. The number of aliphatic hydroxyl groups is 2. The van der Waals surface area contributed by atoms with Gasteiger partial charge in [0.15, 0.2) is 0 Å². The first-order valence-electron chi connectivity index (χ1n) is 14.2. The van der Waals surface area contributed by atoms with E-state index in [1.54, 1.807) is 20.8 Å². The number of nitrogens with zero attached hydrogens (tertiary/aromatic N) is 3. The highest BCUT2D eigenvalue weighted by atomic mass is 16.5. The fourth-order valence-corrected chi connectivity index (χ4v) is 5.32. The Hall–Kier alpha value is -2.55. The Kier molecular flexibility index (Phi) is 10.5. The molecule has 1 aliphatic heterocycles. The zero-order valence-electron chi connectivity index (χ0n) is 24.7. The lowest BCUT2D eigenvalue weighted by atomic mass is 9.73. The molecular weight excluding hydrogens is 494 g/mol. The summed E-state index contributed by atoms with van der Waals surface area (Å²) in [6.07, 6.45) is 4.09. The number of ketones is 1. The van der Waals surface area contributed by atoms with E-state index in [4.69, 9.17) is 4.74 Å². The Labute approximate surface area is 233 Å². The van der Waals surface area contributed by atoms with Crippen LogP contribution in [0.3, 0.4) is 0 Å². The number of hydrogen-bond donors (Lipinski definition) is 2. The standard InChI is InChI=1S/C31H47N3O5/c1-20-9-8-10-21(2)29(37)22(3)30(38)31(4,5)27(35)18-28(36)39-26(14-11-20)23-12-13-25-24(17-23)32-19-34(25)16-15-33(6)7/h11-13,17,19,21-22,26-27,29,35,37H,8-10,14-16,18H2,1-7H3/b20-11-/t21?,22?,26-,27?,29-/m0/s1. The molecule has 0 saturated heterocycles. The first kappa shape index (κ1) is 31.0. The molecule has 0 fully saturated rings. The maximum atomic E-state index is 13.3. The largest absolute Gasteiger partial charge is 0.457 e. The number of ether oxygens (including phenoxy) is 1. The number of fused-ring (bicyclic) bond motifs is 1. The number of aliphatic hydroxyl groups excluding tert-OH is 2. The molecule has 0 aliphatic carbocycles. The lowest BCUT2D eigenvalue weighted by Crippen LogP contribution is -2.45. The van der Waals surface area contributed by atoms with Gasteiger partial charge in [0, 0.05) is 25.4 Å². The summed E-state index contributed by atoms with van der Waals surface area (Å²) in [5, 5.41) is 21.8. The van der Waals surface area contributed by atoms with E-state index in [1.807, 2.05) is 45.5 Å². The molecule has 8 heteroatoms. The number of carbonyl (C=O) groups excluding carboxylic acids is 2. The molecule has 0 amide bonds. The van der Waals surface area contributed by atoms with Gasteiger partial charge in [-0.15, -0.1) is 0 Å². The highest BCUT2D eigenvalue weighted by Gasteiger charge is 2.42. The normalized spacial score (nSPS) is 29.3. The van der Waals surface area contributed by atoms with E-state index in [2.05, 4.69) is 27.5 Å². The van der Waals surface area contributed by atoms with Crippen LogP contribution in [0.2, 0.25) is 0 Å². The van der Waals surface area contributed by atoms with Gasteiger partial charge in [0.2, 0.25) is 0 Å². The molecule has 1 aromatic carbocycles. The molecule has 0 saturated carbocycles. The van der Waals surface area contributed by atoms with Crippen molar-refractivity contribution in [3.8, 4) is 0 Å². The van der Waals surface area contributed by atoms with Crippen molar-refractivity contribution in [1.29, 1.82) is 0 Å². The Morgan fingerprint density at radius 1 is 1.18 bits per heavy atom. The number of Topliss-reactive ketones (excluding diaryl/α,β-unsaturated/α-hetero) is 1. The van der Waals surface area contributed by atoms with E-state index in [-0.39, 0.29) is 18.1 Å². The lowest BCUT2D eigenvalue weighted by Gasteiger charge is -2.34. The average Bonchev–Trinajstić information content (AvgIpc) is 3.29. The van der Waals surface area contributed by atoms with E-state index in [0.29, 0.717) is 6.42 Å². The van der Waals surface area contributed by atoms with Gasteiger partial charge in [-0.25, -0.2) is 4.98 Å². The Morgan fingerprint density at radius 2 is 1.90 bits per heavy atom. The molecule has 0 spiro atoms. The minimum atomic E-state index is -1.23. The Bertz CT molecular complexity index is 1170. The van der Waals surface area contributed by atoms with Crippen LogP contribution in [0.1, 0.15) is 78.4 Å². The number of benzene rings is 1. The number of likely N-dealkylation sites (N-methyl/N-ethyl adjacent to an activating group) is 1. The third-order valence-corrected chi connectivity index (χ3v) is 8.33. The number of esters is 1. The van der Waals surface area contributed by atoms with Gasteiger partial charge in [-0.2, -0.15) is 0 Å². The molecule has 0 bridgehead atoms. The molecule has 8 nitrogen and oxygen atoms in total. The van der Waals surface area contributed by atoms with E-state index in [9.17, 15) is 19.8 Å². The van der Waals surface area contributed by atoms with Crippen LogP contribution >= 0.6 is 0 Å². The topological polar surface area (TPSA) is 105 Å². The molecule has 5 atom stereocenters. The zero-order chi connectivity index (χ0) is 28.9. The Morgan fingerprint density at radius 3 is 2.59 bits per heavy atom. The van der Waals surface area contributed by atoms with Crippen molar-refractivity contribution >= 4 is 22.8 Å². The van der Waals surface area contributed by atoms with E-state index in [0.717, 1.165) is 48.9 Å². The van der Waals surface area contributed by atoms with Crippen LogP contribution in [0.25, 0.3) is 11.0 Å². The number of cyclic esters (lactones) is 1. The molecule has 3 rings (SSSR count). The smallest absolute Gasteiger partial charge is 0.309 e. The van der Waals surface area contributed by atoms with Crippen LogP contribution in [0.5, 0.6) is 0 Å². The van der Waals surface area contributed by atoms with Gasteiger partial charge in [-0.05, 0) is 63.9 Å². The van der Waals surface area contributed by atoms with Crippen LogP contribution in [0.15, 0.2) is 36.2 Å². The van der Waals surface area contributed by atoms with Crippen molar-refractivity contribution < 1.29 is 24.5 Å². The summed E-state index contributed by atoms with van der Waals surface area (Å²) in [7, 11) is 4.08. The third kappa shape index (κ3) is 7.77. The van der Waals surface area contributed by atoms with Gasteiger partial charge in [0.25, 0.3) is 0 Å². The predicted molar refractivity (Wildman–Crippen MR) is 153 cm³/mol. The maximum absolute atomic E-state index is 13.3. The molecular formula is C31H47N3O5. The predicted octanol–water partition coefficient (Wildman–Crippen LogP) is 4.68. The van der Waals surface area contributed by atoms with Crippen molar-refractivity contribution in [2.45, 2.75) is 91.6 Å². The summed E-state index contributed by atoms with van der Waals surface area (Å²) in [4.78, 5) is 33.1. The number of aromatic nitrogens is 2. The molecule has 216 valence electrons. The number of hydrogen-bond acceptors (Lipinski definition) is 7. The second kappa shape index (κ2) is 13.2. The highest BCUT2D eigenvalue weighted by molar-refractivity contribution is 5.88. The number of allylic oxidation sites excluding steroid dienone is 1. The molecule has 2 heterocycles. The van der Waals surface area contributed by atoms with E-state index >= 15 is 0 Å². The van der Waals surface area contributed by atoms with Crippen LogP contribution in [0, 0.1) is 17.3 Å². The molecule has 39 heavy (non-hydrogen) atoms. The van der Waals surface area contributed by atoms with E-state index in [1.165, 1.54) is 5.57 Å². The van der Waals surface area contributed by atoms with Gasteiger partial charge in [-0.3, -0.25) is 9.59 Å². The van der Waals surface area contributed by atoms with E-state index < -0.39 is 35.6 Å². The second-order valence-corrected chi connectivity index (χ2v) is 12.2. The summed E-state index contributed by atoms with van der Waals surface area (Å²) in [6.45, 7) is 10.7. The van der Waals surface area contributed by atoms with Crippen molar-refractivity contribution in [3.05, 3.63) is 41.7 Å². The number of carbonyl (C=O) groups is 2. The highest BCUT2D eigenvalue weighted by Crippen LogP contribution is 2.33. The first-order chi connectivity index (χ1) is 18.3. The molecule has 3 unspecified atom stereocenters. The lowest BCUT2D eigenvalue weighted by molar-refractivity contribution is -0.155. The summed E-state index contributed by atoms with van der Waals surface area (Å²) >= 11 is 0. The summed E-state index contributed by atoms with van der Waals surface area (Å²) in [5.41, 5.74) is 2.68. The maximum Gasteiger partial charge on any atom is 0.309 e. The van der Waals surface area contributed by atoms with Crippen LogP contribution < -0.4 is 0 Å². The van der Waals surface area contributed by atoms with Crippen LogP contribution in [0.4, 0.5) is 0 Å². The number of imidazole rings is 1. The van der Waals surface area contributed by atoms with Gasteiger partial charge in [0.05, 0.1) is 41.4 Å². The van der Waals surface area contributed by atoms with Crippen molar-refractivity contribution in [1.82, 2.24) is 14.5 Å². The molecule has 2 N–H and O–H groups in total. The minimum Gasteiger partial charge on any atom is -0.457 e. The van der Waals surface area contributed by atoms with Crippen LogP contribution in [-0.2, 0) is 20.9 Å². The average molecular weight is 542 g/mol. The zero-order valence-corrected chi connectivity index (χ0v) is 24.7. The van der Waals surface area contributed by atoms with Gasteiger partial charge >= 0.3 is 5.97 Å². The summed E-state index contributed by atoms with van der Waals surface area (Å²) < 4.78 is 8.05. The van der Waals surface area contributed by atoms with Crippen molar-refractivity contribution in [3.63, 3.8) is 0 Å². The fourth-order valence-electron chi connectivity index (χ4n) is 5.32. The molecule has 0 radical (unpaired) electrons. The molecule has 2 aromatic rings. The summed E-state index contributed by atoms with van der Waals surface area (Å²) in [5.74, 6) is -1.52. The third-order valence-electron chi connectivity index (χ3n) is 8.33. The van der Waals surface area contributed by atoms with Gasteiger partial charge in [-0.1, -0.05) is 45.4 Å². The minimum absolute atomic E-state index is 0.0560. The fraction of sp³-hybridized carbons (Fsp3) is 0.645. The number of rotatable bonds is 4. The Balaban J connectivity index is 1.89. The van der Waals surface area contributed by atoms with Crippen molar-refractivity contribution in [2.75, 3.05) is 20.6 Å². The quantitative estimate of drug-likeness (QED) is 0.428.